The highest BCUT2D eigenvalue weighted by atomic mass is 19.4. The Morgan fingerprint density at radius 3 is 2.21 bits per heavy atom. The van der Waals surface area contributed by atoms with Gasteiger partial charge in [0, 0.05) is 24.0 Å². The van der Waals surface area contributed by atoms with Crippen LogP contribution in [0.25, 0.3) is 0 Å². The highest BCUT2D eigenvalue weighted by molar-refractivity contribution is 5.89. The normalized spacial score (nSPS) is 12.8. The van der Waals surface area contributed by atoms with Crippen LogP contribution in [0.3, 0.4) is 0 Å². The third-order valence-electron chi connectivity index (χ3n) is 3.77. The molecule has 2 N–H and O–H groups in total. The van der Waals surface area contributed by atoms with Crippen LogP contribution in [-0.2, 0) is 7.05 Å². The summed E-state index contributed by atoms with van der Waals surface area (Å²) in [6, 6.07) is 3.70. The van der Waals surface area contributed by atoms with Crippen molar-refractivity contribution in [1.29, 1.82) is 0 Å². The first-order chi connectivity index (χ1) is 11.1. The van der Waals surface area contributed by atoms with Gasteiger partial charge in [-0.2, -0.15) is 18.3 Å². The molecule has 0 fully saturated rings. The van der Waals surface area contributed by atoms with E-state index >= 15 is 0 Å². The van der Waals surface area contributed by atoms with Crippen LogP contribution in [-0.4, -0.2) is 22.0 Å². The molecule has 1 heterocycles. The zero-order chi connectivity index (χ0) is 18.1. The van der Waals surface area contributed by atoms with Crippen LogP contribution in [0.5, 0.6) is 0 Å². The Kier molecular flexibility index (Phi) is 4.86. The molecule has 0 unspecified atom stereocenters. The van der Waals surface area contributed by atoms with Crippen molar-refractivity contribution in [2.75, 3.05) is 5.32 Å². The van der Waals surface area contributed by atoms with Gasteiger partial charge in [0.1, 0.15) is 0 Å². The topological polar surface area (TPSA) is 59.0 Å². The van der Waals surface area contributed by atoms with E-state index < -0.39 is 18.2 Å². The molecule has 0 aliphatic rings. The van der Waals surface area contributed by atoms with Crippen molar-refractivity contribution in [3.63, 3.8) is 0 Å². The molecule has 2 aromatic rings. The number of aromatic nitrogens is 2. The average Bonchev–Trinajstić information content (AvgIpc) is 2.71. The van der Waals surface area contributed by atoms with Crippen molar-refractivity contribution in [3.8, 4) is 0 Å². The Labute approximate surface area is 137 Å². The first kappa shape index (κ1) is 17.8. The number of amides is 2. The predicted molar refractivity (Wildman–Crippen MR) is 84.8 cm³/mol. The number of anilines is 1. The molecule has 2 rings (SSSR count). The molecule has 0 saturated carbocycles. The number of aryl methyl sites for hydroxylation is 3. The third kappa shape index (κ3) is 3.87. The summed E-state index contributed by atoms with van der Waals surface area (Å²) in [7, 11) is 1.56. The molecule has 5 nitrogen and oxygen atoms in total. The average molecular weight is 340 g/mol. The number of nitrogens with one attached hydrogen (secondary N) is 2. The number of hydrogen-bond acceptors (Lipinski definition) is 2. The Morgan fingerprint density at radius 2 is 1.75 bits per heavy atom. The van der Waals surface area contributed by atoms with Gasteiger partial charge in [0.05, 0.1) is 5.69 Å². The summed E-state index contributed by atoms with van der Waals surface area (Å²) in [5, 5.41) is 8.40. The maximum Gasteiger partial charge on any atom is 0.413 e. The van der Waals surface area contributed by atoms with Crippen LogP contribution in [0.2, 0.25) is 0 Å². The lowest BCUT2D eigenvalue weighted by Crippen LogP contribution is -2.41. The predicted octanol–water partition coefficient (Wildman–Crippen LogP) is 3.77. The molecule has 0 bridgehead atoms. The molecule has 0 saturated heterocycles. The molecule has 130 valence electrons. The monoisotopic (exact) mass is 340 g/mol. The molecule has 0 radical (unpaired) electrons. The van der Waals surface area contributed by atoms with E-state index in [0.717, 1.165) is 5.56 Å². The molecule has 8 heteroatoms. The van der Waals surface area contributed by atoms with E-state index in [1.807, 2.05) is 12.2 Å². The Hall–Kier alpha value is -2.51. The number of hydrogen-bond donors (Lipinski definition) is 2. The second kappa shape index (κ2) is 6.54. The van der Waals surface area contributed by atoms with Crippen LogP contribution in [0.4, 0.5) is 23.7 Å². The minimum atomic E-state index is -4.64. The summed E-state index contributed by atoms with van der Waals surface area (Å²) in [5.41, 5.74) is 1.94. The lowest BCUT2D eigenvalue weighted by Gasteiger charge is -2.22. The van der Waals surface area contributed by atoms with Gasteiger partial charge in [-0.3, -0.25) is 4.68 Å². The number of urea groups is 1. The lowest BCUT2D eigenvalue weighted by molar-refractivity contribution is -0.155. The molecule has 0 spiro atoms. The van der Waals surface area contributed by atoms with Gasteiger partial charge in [-0.25, -0.2) is 4.79 Å². The van der Waals surface area contributed by atoms with Gasteiger partial charge >= 0.3 is 12.2 Å². The van der Waals surface area contributed by atoms with Gasteiger partial charge in [-0.1, -0.05) is 17.7 Å². The zero-order valence-corrected chi connectivity index (χ0v) is 13.8. The number of carbonyl (C=O) groups excluding carboxylic acids is 1. The SMILES string of the molecule is Cc1ccc(NC(=O)N[C@H](c2c(C)nn(C)c2C)C(F)(F)F)cc1. The van der Waals surface area contributed by atoms with E-state index in [4.69, 9.17) is 0 Å². The van der Waals surface area contributed by atoms with Crippen molar-refractivity contribution < 1.29 is 18.0 Å². The van der Waals surface area contributed by atoms with Gasteiger partial charge in [0.15, 0.2) is 6.04 Å². The van der Waals surface area contributed by atoms with Crippen molar-refractivity contribution in [2.45, 2.75) is 33.0 Å². The summed E-state index contributed by atoms with van der Waals surface area (Å²) in [6.07, 6.45) is -4.64. The van der Waals surface area contributed by atoms with Gasteiger partial charge in [-0.05, 0) is 32.9 Å². The van der Waals surface area contributed by atoms with Crippen molar-refractivity contribution in [1.82, 2.24) is 15.1 Å². The van der Waals surface area contributed by atoms with Crippen LogP contribution < -0.4 is 10.6 Å². The molecular formula is C16H19F3N4O. The quantitative estimate of drug-likeness (QED) is 0.893. The molecule has 1 aromatic carbocycles. The number of benzene rings is 1. The number of rotatable bonds is 3. The molecular weight excluding hydrogens is 321 g/mol. The fourth-order valence-corrected chi connectivity index (χ4v) is 2.46. The zero-order valence-electron chi connectivity index (χ0n) is 13.8. The summed E-state index contributed by atoms with van der Waals surface area (Å²) in [5.74, 6) is 0. The first-order valence-corrected chi connectivity index (χ1v) is 7.30. The molecule has 1 aromatic heterocycles. The number of alkyl halides is 3. The summed E-state index contributed by atoms with van der Waals surface area (Å²) < 4.78 is 41.7. The number of carbonyl (C=O) groups is 1. The van der Waals surface area contributed by atoms with Crippen molar-refractivity contribution in [2.24, 2.45) is 7.05 Å². The van der Waals surface area contributed by atoms with E-state index in [1.54, 1.807) is 31.3 Å². The second-order valence-electron chi connectivity index (χ2n) is 5.65. The maximum absolute atomic E-state index is 13.4. The number of nitrogens with zero attached hydrogens (tertiary/aromatic N) is 2. The minimum absolute atomic E-state index is 0.0379. The van der Waals surface area contributed by atoms with E-state index in [0.29, 0.717) is 11.4 Å². The van der Waals surface area contributed by atoms with Gasteiger partial charge in [0.25, 0.3) is 0 Å². The maximum atomic E-state index is 13.4. The molecule has 2 amide bonds. The molecule has 0 aliphatic carbocycles. The molecule has 24 heavy (non-hydrogen) atoms. The first-order valence-electron chi connectivity index (χ1n) is 7.30. The van der Waals surface area contributed by atoms with Gasteiger partial charge in [-0.15, -0.1) is 0 Å². The van der Waals surface area contributed by atoms with E-state index in [-0.39, 0.29) is 11.3 Å². The Bertz CT molecular complexity index is 735. The number of halogens is 3. The fraction of sp³-hybridized carbons (Fsp3) is 0.375. The van der Waals surface area contributed by atoms with E-state index in [1.165, 1.54) is 18.5 Å². The van der Waals surface area contributed by atoms with Crippen LogP contribution in [0.15, 0.2) is 24.3 Å². The molecule has 0 aliphatic heterocycles. The highest BCUT2D eigenvalue weighted by Gasteiger charge is 2.44. The van der Waals surface area contributed by atoms with E-state index in [9.17, 15) is 18.0 Å². The highest BCUT2D eigenvalue weighted by Crippen LogP contribution is 2.35. The standard InChI is InChI=1S/C16H19F3N4O/c1-9-5-7-12(8-6-9)20-15(24)21-14(16(17,18)19)13-10(2)22-23(4)11(13)3/h5-8,14H,1-4H3,(H2,20,21,24)/t14-/m1/s1. The third-order valence-corrected chi connectivity index (χ3v) is 3.77. The second-order valence-corrected chi connectivity index (χ2v) is 5.65. The fourth-order valence-electron chi connectivity index (χ4n) is 2.46. The van der Waals surface area contributed by atoms with Crippen molar-refractivity contribution in [3.05, 3.63) is 46.8 Å². The van der Waals surface area contributed by atoms with Crippen LogP contribution in [0.1, 0.15) is 28.6 Å². The lowest BCUT2D eigenvalue weighted by atomic mass is 10.0. The summed E-state index contributed by atoms with van der Waals surface area (Å²) >= 11 is 0. The summed E-state index contributed by atoms with van der Waals surface area (Å²) in [6.45, 7) is 4.89. The Balaban J connectivity index is 2.23. The Morgan fingerprint density at radius 1 is 1.17 bits per heavy atom. The molecule has 1 atom stereocenters. The van der Waals surface area contributed by atoms with Crippen molar-refractivity contribution >= 4 is 11.7 Å². The van der Waals surface area contributed by atoms with Gasteiger partial charge in [0.2, 0.25) is 0 Å². The minimum Gasteiger partial charge on any atom is -0.322 e. The van der Waals surface area contributed by atoms with Gasteiger partial charge < -0.3 is 10.6 Å². The largest absolute Gasteiger partial charge is 0.413 e. The van der Waals surface area contributed by atoms with E-state index in [2.05, 4.69) is 10.4 Å². The smallest absolute Gasteiger partial charge is 0.322 e. The summed E-state index contributed by atoms with van der Waals surface area (Å²) in [4.78, 5) is 12.0. The van der Waals surface area contributed by atoms with Crippen LogP contribution >= 0.6 is 0 Å². The van der Waals surface area contributed by atoms with Crippen LogP contribution in [0, 0.1) is 20.8 Å².